The summed E-state index contributed by atoms with van der Waals surface area (Å²) in [7, 11) is 1.37. The van der Waals surface area contributed by atoms with Gasteiger partial charge in [-0.05, 0) is 25.1 Å². The minimum atomic E-state index is -0.399. The number of aromatic nitrogens is 1. The molecule has 0 aliphatic heterocycles. The predicted molar refractivity (Wildman–Crippen MR) is 72.4 cm³/mol. The van der Waals surface area contributed by atoms with Crippen molar-refractivity contribution in [1.29, 1.82) is 0 Å². The van der Waals surface area contributed by atoms with Crippen molar-refractivity contribution in [3.63, 3.8) is 0 Å². The van der Waals surface area contributed by atoms with Crippen LogP contribution in [0, 0.1) is 0 Å². The number of esters is 1. The molecule has 2 aromatic rings. The van der Waals surface area contributed by atoms with E-state index in [-0.39, 0.29) is 5.97 Å². The summed E-state index contributed by atoms with van der Waals surface area (Å²) in [5.74, 6) is -0.301. The lowest BCUT2D eigenvalue weighted by Gasteiger charge is -2.09. The van der Waals surface area contributed by atoms with Gasteiger partial charge < -0.3 is 10.1 Å². The second-order valence-corrected chi connectivity index (χ2v) is 5.47. The first-order valence-electron chi connectivity index (χ1n) is 5.00. The fraction of sp³-hybridized carbons (Fsp3) is 0.273. The van der Waals surface area contributed by atoms with Gasteiger partial charge in [-0.25, -0.2) is 9.78 Å². The van der Waals surface area contributed by atoms with Crippen molar-refractivity contribution < 1.29 is 9.53 Å². The summed E-state index contributed by atoms with van der Waals surface area (Å²) in [6.07, 6.45) is 0. The second-order valence-electron chi connectivity index (χ2n) is 3.52. The van der Waals surface area contributed by atoms with E-state index in [0.717, 1.165) is 19.8 Å². The van der Waals surface area contributed by atoms with E-state index >= 15 is 0 Å². The minimum absolute atomic E-state index is 0.301. The van der Waals surface area contributed by atoms with Crippen LogP contribution in [-0.2, 0) is 9.53 Å². The smallest absolute Gasteiger partial charge is 0.328 e. The zero-order valence-electron chi connectivity index (χ0n) is 9.36. The lowest BCUT2D eigenvalue weighted by molar-refractivity contribution is -0.141. The first-order chi connectivity index (χ1) is 8.10. The molecular formula is C11H11BrN2O2S. The Balaban J connectivity index is 2.22. The lowest BCUT2D eigenvalue weighted by Crippen LogP contribution is -2.26. The van der Waals surface area contributed by atoms with Crippen molar-refractivity contribution in [1.82, 2.24) is 4.98 Å². The van der Waals surface area contributed by atoms with Crippen LogP contribution in [0.2, 0.25) is 0 Å². The first kappa shape index (κ1) is 12.3. The number of hydrogen-bond donors (Lipinski definition) is 1. The van der Waals surface area contributed by atoms with Crippen molar-refractivity contribution >= 4 is 48.6 Å². The molecule has 0 saturated heterocycles. The number of benzene rings is 1. The van der Waals surface area contributed by atoms with Crippen LogP contribution in [0.1, 0.15) is 6.92 Å². The van der Waals surface area contributed by atoms with E-state index in [4.69, 9.17) is 0 Å². The maximum Gasteiger partial charge on any atom is 0.328 e. The van der Waals surface area contributed by atoms with Crippen molar-refractivity contribution in [3.8, 4) is 0 Å². The number of carbonyl (C=O) groups excluding carboxylic acids is 1. The summed E-state index contributed by atoms with van der Waals surface area (Å²) in [4.78, 5) is 15.7. The number of ether oxygens (including phenoxy) is 1. The van der Waals surface area contributed by atoms with Gasteiger partial charge in [0, 0.05) is 4.47 Å². The van der Waals surface area contributed by atoms with Gasteiger partial charge in [0.15, 0.2) is 5.13 Å². The summed E-state index contributed by atoms with van der Waals surface area (Å²) in [5, 5.41) is 3.74. The van der Waals surface area contributed by atoms with Gasteiger partial charge in [-0.3, -0.25) is 0 Å². The van der Waals surface area contributed by atoms with Crippen molar-refractivity contribution in [2.75, 3.05) is 12.4 Å². The van der Waals surface area contributed by atoms with E-state index in [2.05, 4.69) is 31.0 Å². The van der Waals surface area contributed by atoms with Gasteiger partial charge in [-0.15, -0.1) is 0 Å². The van der Waals surface area contributed by atoms with Crippen LogP contribution < -0.4 is 5.32 Å². The Kier molecular flexibility index (Phi) is 3.63. The highest BCUT2D eigenvalue weighted by Crippen LogP contribution is 2.28. The van der Waals surface area contributed by atoms with Gasteiger partial charge in [0.2, 0.25) is 0 Å². The van der Waals surface area contributed by atoms with Crippen LogP contribution in [0.25, 0.3) is 10.2 Å². The molecule has 90 valence electrons. The summed E-state index contributed by atoms with van der Waals surface area (Å²) in [6, 6.07) is 5.48. The monoisotopic (exact) mass is 314 g/mol. The zero-order chi connectivity index (χ0) is 12.4. The third-order valence-electron chi connectivity index (χ3n) is 2.25. The Hall–Kier alpha value is -1.14. The van der Waals surface area contributed by atoms with Crippen LogP contribution in [0.5, 0.6) is 0 Å². The van der Waals surface area contributed by atoms with Crippen molar-refractivity contribution in [3.05, 3.63) is 22.7 Å². The van der Waals surface area contributed by atoms with Crippen molar-refractivity contribution in [2.24, 2.45) is 0 Å². The van der Waals surface area contributed by atoms with Gasteiger partial charge in [-0.2, -0.15) is 0 Å². The van der Waals surface area contributed by atoms with E-state index in [1.54, 1.807) is 6.92 Å². The average Bonchev–Trinajstić information content (AvgIpc) is 2.69. The Morgan fingerprint density at radius 2 is 2.35 bits per heavy atom. The van der Waals surface area contributed by atoms with E-state index in [9.17, 15) is 4.79 Å². The molecule has 1 aromatic carbocycles. The highest BCUT2D eigenvalue weighted by atomic mass is 79.9. The number of carbonyl (C=O) groups is 1. The molecule has 2 rings (SSSR count). The van der Waals surface area contributed by atoms with Crippen LogP contribution >= 0.6 is 27.3 Å². The van der Waals surface area contributed by atoms with Gasteiger partial charge in [0.05, 0.1) is 17.3 Å². The lowest BCUT2D eigenvalue weighted by atomic mass is 10.3. The maximum absolute atomic E-state index is 11.3. The van der Waals surface area contributed by atoms with Gasteiger partial charge >= 0.3 is 5.97 Å². The van der Waals surface area contributed by atoms with Crippen LogP contribution in [0.15, 0.2) is 22.7 Å². The van der Waals surface area contributed by atoms with E-state index in [0.29, 0.717) is 0 Å². The molecule has 0 radical (unpaired) electrons. The standard InChI is InChI=1S/C11H11BrN2O2S/c1-6(10(15)16-2)13-11-14-8-4-3-7(12)5-9(8)17-11/h3-6H,1-2H3,(H,13,14). The number of nitrogens with one attached hydrogen (secondary N) is 1. The number of nitrogens with zero attached hydrogens (tertiary/aromatic N) is 1. The molecular weight excluding hydrogens is 304 g/mol. The third kappa shape index (κ3) is 2.76. The third-order valence-corrected chi connectivity index (χ3v) is 3.69. The second kappa shape index (κ2) is 5.01. The Bertz CT molecular complexity index is 555. The number of thiazole rings is 1. The Morgan fingerprint density at radius 1 is 1.59 bits per heavy atom. The molecule has 17 heavy (non-hydrogen) atoms. The zero-order valence-corrected chi connectivity index (χ0v) is 11.8. The maximum atomic E-state index is 11.3. The molecule has 0 spiro atoms. The average molecular weight is 315 g/mol. The molecule has 0 saturated carbocycles. The highest BCUT2D eigenvalue weighted by Gasteiger charge is 2.14. The molecule has 1 heterocycles. The van der Waals surface area contributed by atoms with Crippen LogP contribution in [0.3, 0.4) is 0 Å². The molecule has 0 fully saturated rings. The molecule has 0 bridgehead atoms. The summed E-state index contributed by atoms with van der Waals surface area (Å²) >= 11 is 4.92. The number of halogens is 1. The van der Waals surface area contributed by atoms with E-state index in [1.807, 2.05) is 18.2 Å². The summed E-state index contributed by atoms with van der Waals surface area (Å²) in [5.41, 5.74) is 0.915. The fourth-order valence-electron chi connectivity index (χ4n) is 1.38. The molecule has 0 aliphatic carbocycles. The number of rotatable bonds is 3. The molecule has 1 aromatic heterocycles. The quantitative estimate of drug-likeness (QED) is 0.885. The largest absolute Gasteiger partial charge is 0.467 e. The summed E-state index contributed by atoms with van der Waals surface area (Å²) in [6.45, 7) is 1.74. The SMILES string of the molecule is COC(=O)C(C)Nc1nc2ccc(Br)cc2s1. The minimum Gasteiger partial charge on any atom is -0.467 e. The predicted octanol–water partition coefficient (Wildman–Crippen LogP) is 3.03. The molecule has 6 heteroatoms. The number of hydrogen-bond acceptors (Lipinski definition) is 5. The molecule has 1 atom stereocenters. The molecule has 0 amide bonds. The first-order valence-corrected chi connectivity index (χ1v) is 6.61. The molecule has 4 nitrogen and oxygen atoms in total. The topological polar surface area (TPSA) is 51.2 Å². The molecule has 1 N–H and O–H groups in total. The highest BCUT2D eigenvalue weighted by molar-refractivity contribution is 9.10. The molecule has 0 aliphatic rings. The number of methoxy groups -OCH3 is 1. The van der Waals surface area contributed by atoms with Crippen molar-refractivity contribution in [2.45, 2.75) is 13.0 Å². The van der Waals surface area contributed by atoms with E-state index in [1.165, 1.54) is 18.4 Å². The van der Waals surface area contributed by atoms with E-state index < -0.39 is 6.04 Å². The van der Waals surface area contributed by atoms with Crippen LogP contribution in [-0.4, -0.2) is 24.1 Å². The van der Waals surface area contributed by atoms with Crippen LogP contribution in [0.4, 0.5) is 5.13 Å². The van der Waals surface area contributed by atoms with Gasteiger partial charge in [0.1, 0.15) is 6.04 Å². The summed E-state index contributed by atoms with van der Waals surface area (Å²) < 4.78 is 6.73. The normalized spacial score (nSPS) is 12.4. The van der Waals surface area contributed by atoms with Gasteiger partial charge in [-0.1, -0.05) is 27.3 Å². The van der Waals surface area contributed by atoms with Gasteiger partial charge in [0.25, 0.3) is 0 Å². The Morgan fingerprint density at radius 3 is 3.06 bits per heavy atom. The number of anilines is 1. The Labute approximate surface area is 111 Å². The number of fused-ring (bicyclic) bond motifs is 1. The fourth-order valence-corrected chi connectivity index (χ4v) is 2.89. The molecule has 1 unspecified atom stereocenters.